The molecule has 1 spiro atoms. The van der Waals surface area contributed by atoms with E-state index in [0.29, 0.717) is 18.8 Å². The van der Waals surface area contributed by atoms with Crippen LogP contribution in [0.2, 0.25) is 0 Å². The zero-order valence-electron chi connectivity index (χ0n) is 34.5. The van der Waals surface area contributed by atoms with E-state index in [-0.39, 0.29) is 35.7 Å². The van der Waals surface area contributed by atoms with Crippen LogP contribution in [0.25, 0.3) is 0 Å². The lowest BCUT2D eigenvalue weighted by Gasteiger charge is -2.51. The van der Waals surface area contributed by atoms with Gasteiger partial charge in [0, 0.05) is 43.8 Å². The van der Waals surface area contributed by atoms with Gasteiger partial charge in [-0.3, -0.25) is 14.4 Å². The fraction of sp³-hybridized carbons (Fsp3) is 0.829. The minimum absolute atomic E-state index is 0.00881. The van der Waals surface area contributed by atoms with Gasteiger partial charge in [-0.15, -0.1) is 0 Å². The summed E-state index contributed by atoms with van der Waals surface area (Å²) in [6.45, 7) is 16.0. The molecule has 0 unspecified atom stereocenters. The molecule has 14 nitrogen and oxygen atoms in total. The molecule has 0 radical (unpaired) electrons. The third kappa shape index (κ3) is 13.7. The number of hydrogen-bond donors (Lipinski definition) is 5. The van der Waals surface area contributed by atoms with Crippen LogP contribution < -0.4 is 0 Å². The average Bonchev–Trinajstić information content (AvgIpc) is 3.10. The van der Waals surface area contributed by atoms with Gasteiger partial charge in [0.2, 0.25) is 0 Å². The molecule has 0 aromatic heterocycles. The molecule has 2 fully saturated rings. The van der Waals surface area contributed by atoms with Crippen molar-refractivity contribution in [3.8, 4) is 0 Å². The fourth-order valence-electron chi connectivity index (χ4n) is 7.82. The summed E-state index contributed by atoms with van der Waals surface area (Å²) in [5.74, 6) is -5.84. The van der Waals surface area contributed by atoms with E-state index in [0.717, 1.165) is 45.4 Å². The van der Waals surface area contributed by atoms with Crippen molar-refractivity contribution < 1.29 is 68.5 Å². The predicted octanol–water partition coefficient (Wildman–Crippen LogP) is 4.87. The summed E-state index contributed by atoms with van der Waals surface area (Å²) in [6, 6.07) is 0. The summed E-state index contributed by atoms with van der Waals surface area (Å²) in [6.07, 6.45) is -2.10. The Morgan fingerprint density at radius 2 is 1.38 bits per heavy atom. The molecule has 0 amide bonds. The minimum Gasteiger partial charge on any atom is -0.478 e. The number of aliphatic carboxylic acids is 2. The van der Waals surface area contributed by atoms with E-state index in [9.17, 15) is 49.5 Å². The first-order valence-corrected chi connectivity index (χ1v) is 19.9. The van der Waals surface area contributed by atoms with Gasteiger partial charge in [-0.1, -0.05) is 48.5 Å². The summed E-state index contributed by atoms with van der Waals surface area (Å²) in [5, 5.41) is 51.2. The second kappa shape index (κ2) is 21.7. The monoisotopic (exact) mass is 788 g/mol. The van der Waals surface area contributed by atoms with Crippen LogP contribution in [0.3, 0.4) is 0 Å². The number of ether oxygens (including phenoxy) is 4. The fourth-order valence-corrected chi connectivity index (χ4v) is 7.82. The molecule has 2 saturated heterocycles. The number of esters is 1. The highest BCUT2D eigenvalue weighted by molar-refractivity contribution is 5.99. The normalized spacial score (nSPS) is 27.9. The number of rotatable bonds is 22. The van der Waals surface area contributed by atoms with Crippen molar-refractivity contribution in [1.82, 2.24) is 0 Å². The molecule has 0 aliphatic carbocycles. The minimum atomic E-state index is -1.98. The van der Waals surface area contributed by atoms with E-state index in [4.69, 9.17) is 18.9 Å². The zero-order chi connectivity index (χ0) is 41.9. The standard InChI is InChI=1S/C41H68O14/c1-21(2)36(53-34(47)20-31(45)35(40(50)51)27(8)39(48)49)38(52-10)32(46)19-30(44)26(7)29(43)13-11-24(5)37-25(6)16-18-41(55-37)17-15-23(4)33(54-41)14-12-22(3)28(9)42/h21-26,29,31-33,36-38,43,45-46H,11-20H2,1-10H3,(H,48,49)(H,50,51)/b35-27-/t22-,23+,24+,25-,26+,29-,31+,32-,33-,36+,37-,38+,41+/m0/s1/i19+1,26+1,29+1,32+1. The Hall–Kier alpha value is -2.75. The Balaban J connectivity index is 2.00. The average molecular weight is 789 g/mol. The third-order valence-electron chi connectivity index (χ3n) is 12.0. The van der Waals surface area contributed by atoms with Crippen molar-refractivity contribution in [2.24, 2.45) is 35.5 Å². The number of Topliss-reactive ketones (excluding diaryl/α,β-unsaturated/α-hetero) is 2. The molecule has 2 aliphatic heterocycles. The summed E-state index contributed by atoms with van der Waals surface area (Å²) in [4.78, 5) is 60.8. The number of carbonyl (C=O) groups excluding carboxylic acids is 3. The van der Waals surface area contributed by atoms with E-state index in [2.05, 4.69) is 20.8 Å². The van der Waals surface area contributed by atoms with Crippen LogP contribution in [0, 0.1) is 35.5 Å². The van der Waals surface area contributed by atoms with Gasteiger partial charge < -0.3 is 44.5 Å². The highest BCUT2D eigenvalue weighted by Crippen LogP contribution is 2.45. The maximum atomic E-state index is 13.3. The highest BCUT2D eigenvalue weighted by atomic mass is 16.7. The number of carboxylic acids is 2. The van der Waals surface area contributed by atoms with Crippen molar-refractivity contribution in [2.75, 3.05) is 7.11 Å². The van der Waals surface area contributed by atoms with E-state index >= 15 is 0 Å². The topological polar surface area (TPSA) is 223 Å². The molecule has 2 rings (SSSR count). The second-order valence-electron chi connectivity index (χ2n) is 16.7. The number of methoxy groups -OCH3 is 1. The summed E-state index contributed by atoms with van der Waals surface area (Å²) in [7, 11) is 1.27. The third-order valence-corrected chi connectivity index (χ3v) is 12.0. The molecule has 14 heteroatoms. The van der Waals surface area contributed by atoms with Crippen molar-refractivity contribution in [3.63, 3.8) is 0 Å². The Morgan fingerprint density at radius 3 is 1.91 bits per heavy atom. The number of carboxylic acid groups (broad SMARTS) is 2. The van der Waals surface area contributed by atoms with Crippen molar-refractivity contribution in [3.05, 3.63) is 11.1 Å². The SMILES string of the molecule is CO[C@@H]([C@H](OC(=O)C[C@@H](O)/C(C(=O)O)=C(\C)C(=O)O)C(C)C)[13C@@H](O)[13CH2]C(=O)[13C@H](C)[13C@@H](O)CC[C@@H](C)[C@@H]1O[C@]2(CC[C@@H](C)[C@H](CC[C@H](C)C(C)=O)O2)CC[C@@H]1C. The molecule has 2 aliphatic rings. The van der Waals surface area contributed by atoms with Crippen LogP contribution in [0.15, 0.2) is 11.1 Å². The van der Waals surface area contributed by atoms with Gasteiger partial charge in [-0.2, -0.15) is 0 Å². The number of carbonyl (C=O) groups is 5. The van der Waals surface area contributed by atoms with Crippen molar-refractivity contribution >= 4 is 29.5 Å². The molecule has 5 N–H and O–H groups in total. The molecular weight excluding hydrogens is 720 g/mol. The smallest absolute Gasteiger partial charge is 0.334 e. The molecule has 316 valence electrons. The quantitative estimate of drug-likeness (QED) is 0.0561. The molecule has 0 aromatic rings. The van der Waals surface area contributed by atoms with Gasteiger partial charge in [0.15, 0.2) is 5.79 Å². The molecule has 0 aromatic carbocycles. The Bertz CT molecular complexity index is 1340. The predicted molar refractivity (Wildman–Crippen MR) is 202 cm³/mol. The lowest BCUT2D eigenvalue weighted by atomic mass is 9.80. The summed E-state index contributed by atoms with van der Waals surface area (Å²) < 4.78 is 24.5. The number of aliphatic hydroxyl groups is 3. The van der Waals surface area contributed by atoms with Crippen molar-refractivity contribution in [1.29, 1.82) is 0 Å². The number of ketones is 2. The molecular formula is C41H68O14. The van der Waals surface area contributed by atoms with Gasteiger partial charge in [-0.05, 0) is 76.0 Å². The van der Waals surface area contributed by atoms with Crippen LogP contribution in [-0.4, -0.2) is 111 Å². The molecule has 55 heavy (non-hydrogen) atoms. The Kier molecular flexibility index (Phi) is 19.1. The Morgan fingerprint density at radius 1 is 0.782 bits per heavy atom. The van der Waals surface area contributed by atoms with Gasteiger partial charge in [0.25, 0.3) is 0 Å². The zero-order valence-corrected chi connectivity index (χ0v) is 34.5. The van der Waals surface area contributed by atoms with E-state index in [1.54, 1.807) is 27.7 Å². The van der Waals surface area contributed by atoms with Crippen LogP contribution in [0.1, 0.15) is 127 Å². The second-order valence-corrected chi connectivity index (χ2v) is 16.7. The molecule has 0 saturated carbocycles. The van der Waals surface area contributed by atoms with Gasteiger partial charge in [-0.25, -0.2) is 9.59 Å². The molecule has 2 heterocycles. The Labute approximate surface area is 326 Å². The van der Waals surface area contributed by atoms with Gasteiger partial charge >= 0.3 is 17.9 Å². The largest absolute Gasteiger partial charge is 0.478 e. The molecule has 13 atom stereocenters. The van der Waals surface area contributed by atoms with E-state index in [1.165, 1.54) is 7.11 Å². The lowest BCUT2D eigenvalue weighted by molar-refractivity contribution is -0.338. The van der Waals surface area contributed by atoms with E-state index < -0.39 is 95.8 Å². The maximum absolute atomic E-state index is 13.3. The van der Waals surface area contributed by atoms with Crippen LogP contribution in [0.4, 0.5) is 0 Å². The van der Waals surface area contributed by atoms with Crippen LogP contribution in [0.5, 0.6) is 0 Å². The van der Waals surface area contributed by atoms with Gasteiger partial charge in [0.1, 0.15) is 23.8 Å². The summed E-state index contributed by atoms with van der Waals surface area (Å²) >= 11 is 0. The van der Waals surface area contributed by atoms with E-state index in [1.807, 2.05) is 6.92 Å². The lowest BCUT2D eigenvalue weighted by Crippen LogP contribution is -2.53. The first-order chi connectivity index (χ1) is 25.5. The maximum Gasteiger partial charge on any atom is 0.334 e. The summed E-state index contributed by atoms with van der Waals surface area (Å²) in [5.41, 5.74) is -1.50. The first-order valence-electron chi connectivity index (χ1n) is 19.9. The molecule has 0 bridgehead atoms. The van der Waals surface area contributed by atoms with Crippen LogP contribution >= 0.6 is 0 Å². The van der Waals surface area contributed by atoms with Crippen molar-refractivity contribution in [2.45, 2.75) is 175 Å². The van der Waals surface area contributed by atoms with Crippen LogP contribution in [-0.2, 0) is 42.9 Å². The van der Waals surface area contributed by atoms with Gasteiger partial charge in [0.05, 0.1) is 42.5 Å². The first kappa shape index (κ1) is 48.4. The highest BCUT2D eigenvalue weighted by Gasteiger charge is 2.47. The number of aliphatic hydroxyl groups excluding tert-OH is 3. The number of hydrogen-bond acceptors (Lipinski definition) is 12.